The van der Waals surface area contributed by atoms with Crippen molar-refractivity contribution >= 4 is 6.29 Å². The zero-order chi connectivity index (χ0) is 16.0. The van der Waals surface area contributed by atoms with E-state index in [1.807, 2.05) is 0 Å². The fourth-order valence-electron chi connectivity index (χ4n) is 1.44. The summed E-state index contributed by atoms with van der Waals surface area (Å²) < 4.78 is 31.1. The minimum absolute atomic E-state index is 0.0343. The number of aldehydes is 1. The van der Waals surface area contributed by atoms with Gasteiger partial charge in [-0.2, -0.15) is 0 Å². The van der Waals surface area contributed by atoms with Crippen molar-refractivity contribution in [3.63, 3.8) is 0 Å². The first-order valence-electron chi connectivity index (χ1n) is 6.80. The summed E-state index contributed by atoms with van der Waals surface area (Å²) in [4.78, 5) is 10.8. The Morgan fingerprint density at radius 2 is 1.45 bits per heavy atom. The minimum atomic E-state index is 0.0343. The van der Waals surface area contributed by atoms with Crippen molar-refractivity contribution in [2.24, 2.45) is 0 Å². The Balaban J connectivity index is 2.48. The van der Waals surface area contributed by atoms with Crippen LogP contribution in [-0.2, 0) is 18.9 Å². The van der Waals surface area contributed by atoms with E-state index in [-0.39, 0.29) is 13.6 Å². The molecule has 0 aliphatic rings. The highest BCUT2D eigenvalue weighted by atomic mass is 16.7. The molecule has 0 unspecified atom stereocenters. The molecule has 0 spiro atoms. The number of hydrogen-bond donors (Lipinski definition) is 0. The van der Waals surface area contributed by atoms with Crippen LogP contribution in [0, 0.1) is 0 Å². The van der Waals surface area contributed by atoms with Crippen LogP contribution < -0.4 is 9.47 Å². The van der Waals surface area contributed by atoms with Gasteiger partial charge in [0.1, 0.15) is 6.29 Å². The first-order valence-corrected chi connectivity index (χ1v) is 6.80. The highest BCUT2D eigenvalue weighted by Gasteiger charge is 2.07. The summed E-state index contributed by atoms with van der Waals surface area (Å²) >= 11 is 0. The zero-order valence-electron chi connectivity index (χ0n) is 12.9. The molecule has 0 heterocycles. The quantitative estimate of drug-likeness (QED) is 0.310. The van der Waals surface area contributed by atoms with E-state index < -0.39 is 0 Å². The number of carbonyl (C=O) groups is 1. The summed E-state index contributed by atoms with van der Waals surface area (Å²) in [6.07, 6.45) is 0.734. The molecular formula is C15H22O7. The molecule has 0 radical (unpaired) electrons. The monoisotopic (exact) mass is 314 g/mol. The Morgan fingerprint density at radius 3 is 2.00 bits per heavy atom. The molecule has 0 aromatic heterocycles. The largest absolute Gasteiger partial charge is 0.464 e. The molecule has 0 fully saturated rings. The Kier molecular flexibility index (Phi) is 9.97. The van der Waals surface area contributed by atoms with Gasteiger partial charge in [-0.3, -0.25) is 4.79 Å². The van der Waals surface area contributed by atoms with E-state index in [1.54, 1.807) is 32.4 Å². The predicted molar refractivity (Wildman–Crippen MR) is 78.5 cm³/mol. The maximum Gasteiger partial charge on any atom is 0.189 e. The smallest absolute Gasteiger partial charge is 0.189 e. The van der Waals surface area contributed by atoms with Gasteiger partial charge >= 0.3 is 0 Å². The molecule has 0 aliphatic heterocycles. The number of rotatable bonds is 13. The molecule has 0 aliphatic carbocycles. The number of methoxy groups -OCH3 is 2. The van der Waals surface area contributed by atoms with Gasteiger partial charge in [0.2, 0.25) is 0 Å². The number of carbonyl (C=O) groups excluding carboxylic acids is 1. The fourth-order valence-corrected chi connectivity index (χ4v) is 1.44. The Labute approximate surface area is 130 Å². The van der Waals surface area contributed by atoms with Gasteiger partial charge in [-0.1, -0.05) is 0 Å². The van der Waals surface area contributed by atoms with Crippen LogP contribution in [-0.4, -0.2) is 60.5 Å². The van der Waals surface area contributed by atoms with Crippen LogP contribution in [0.15, 0.2) is 18.2 Å². The van der Waals surface area contributed by atoms with Crippen LogP contribution in [0.4, 0.5) is 0 Å². The molecule has 22 heavy (non-hydrogen) atoms. The summed E-state index contributed by atoms with van der Waals surface area (Å²) in [7, 11) is 3.19. The van der Waals surface area contributed by atoms with E-state index in [2.05, 4.69) is 0 Å². The zero-order valence-corrected chi connectivity index (χ0v) is 12.9. The second kappa shape index (κ2) is 11.9. The van der Waals surface area contributed by atoms with Crippen molar-refractivity contribution in [2.45, 2.75) is 0 Å². The molecule has 1 aromatic rings. The Morgan fingerprint density at radius 1 is 0.864 bits per heavy atom. The standard InChI is InChI=1S/C15H22O7/c1-17-5-7-19-11-21-14-4-3-13(10-16)9-15(14)22-12-20-8-6-18-2/h3-4,9-10H,5-8,11-12H2,1-2H3. The van der Waals surface area contributed by atoms with E-state index >= 15 is 0 Å². The third-order valence-electron chi connectivity index (χ3n) is 2.56. The van der Waals surface area contributed by atoms with Crippen LogP contribution in [0.25, 0.3) is 0 Å². The lowest BCUT2D eigenvalue weighted by molar-refractivity contribution is -0.0207. The van der Waals surface area contributed by atoms with Gasteiger partial charge in [-0.05, 0) is 18.2 Å². The van der Waals surface area contributed by atoms with E-state index in [0.717, 1.165) is 6.29 Å². The molecule has 7 heteroatoms. The maximum atomic E-state index is 10.8. The highest BCUT2D eigenvalue weighted by Crippen LogP contribution is 2.28. The normalized spacial score (nSPS) is 10.5. The van der Waals surface area contributed by atoms with Crippen LogP contribution in [0.1, 0.15) is 10.4 Å². The summed E-state index contributed by atoms with van der Waals surface area (Å²) in [5.74, 6) is 0.885. The van der Waals surface area contributed by atoms with Crippen LogP contribution >= 0.6 is 0 Å². The average Bonchev–Trinajstić information content (AvgIpc) is 2.55. The van der Waals surface area contributed by atoms with Gasteiger partial charge in [-0.25, -0.2) is 0 Å². The molecule has 7 nitrogen and oxygen atoms in total. The molecule has 0 atom stereocenters. The van der Waals surface area contributed by atoms with Gasteiger partial charge < -0.3 is 28.4 Å². The van der Waals surface area contributed by atoms with Crippen molar-refractivity contribution in [1.82, 2.24) is 0 Å². The maximum absolute atomic E-state index is 10.8. The van der Waals surface area contributed by atoms with E-state index in [9.17, 15) is 4.79 Å². The first-order chi connectivity index (χ1) is 10.8. The molecule has 0 saturated carbocycles. The highest BCUT2D eigenvalue weighted by molar-refractivity contribution is 5.76. The lowest BCUT2D eigenvalue weighted by Crippen LogP contribution is -2.10. The average molecular weight is 314 g/mol. The topological polar surface area (TPSA) is 72.5 Å². The molecule has 1 aromatic carbocycles. The molecule has 1 rings (SSSR count). The van der Waals surface area contributed by atoms with Gasteiger partial charge in [0.25, 0.3) is 0 Å². The van der Waals surface area contributed by atoms with Crippen molar-refractivity contribution in [2.75, 3.05) is 54.2 Å². The van der Waals surface area contributed by atoms with Crippen molar-refractivity contribution in [3.8, 4) is 11.5 Å². The molecule has 0 bridgehead atoms. The lowest BCUT2D eigenvalue weighted by atomic mass is 10.2. The number of ether oxygens (including phenoxy) is 6. The molecular weight excluding hydrogens is 292 g/mol. The van der Waals surface area contributed by atoms with E-state index in [4.69, 9.17) is 28.4 Å². The lowest BCUT2D eigenvalue weighted by Gasteiger charge is -2.13. The third-order valence-corrected chi connectivity index (χ3v) is 2.56. The third kappa shape index (κ3) is 7.37. The van der Waals surface area contributed by atoms with Crippen molar-refractivity contribution in [1.29, 1.82) is 0 Å². The summed E-state index contributed by atoms with van der Waals surface area (Å²) in [5, 5.41) is 0. The number of hydrogen-bond acceptors (Lipinski definition) is 7. The van der Waals surface area contributed by atoms with E-state index in [1.165, 1.54) is 0 Å². The second-order valence-corrected chi connectivity index (χ2v) is 4.15. The van der Waals surface area contributed by atoms with E-state index in [0.29, 0.717) is 43.5 Å². The fraction of sp³-hybridized carbons (Fsp3) is 0.533. The van der Waals surface area contributed by atoms with Gasteiger partial charge in [0.15, 0.2) is 25.1 Å². The predicted octanol–water partition coefficient (Wildman–Crippen LogP) is 1.50. The van der Waals surface area contributed by atoms with Gasteiger partial charge in [0, 0.05) is 19.8 Å². The van der Waals surface area contributed by atoms with Crippen LogP contribution in [0.3, 0.4) is 0 Å². The molecule has 0 amide bonds. The summed E-state index contributed by atoms with van der Waals surface area (Å²) in [6, 6.07) is 4.86. The summed E-state index contributed by atoms with van der Waals surface area (Å²) in [6.45, 7) is 1.91. The van der Waals surface area contributed by atoms with Crippen molar-refractivity contribution in [3.05, 3.63) is 23.8 Å². The van der Waals surface area contributed by atoms with Crippen molar-refractivity contribution < 1.29 is 33.2 Å². The Bertz CT molecular complexity index is 422. The van der Waals surface area contributed by atoms with Crippen LogP contribution in [0.2, 0.25) is 0 Å². The van der Waals surface area contributed by atoms with Crippen LogP contribution in [0.5, 0.6) is 11.5 Å². The summed E-state index contributed by atoms with van der Waals surface area (Å²) in [5.41, 5.74) is 0.486. The molecule has 0 N–H and O–H groups in total. The van der Waals surface area contributed by atoms with Gasteiger partial charge in [0.05, 0.1) is 26.4 Å². The molecule has 0 saturated heterocycles. The number of benzene rings is 1. The SMILES string of the molecule is COCCOCOc1ccc(C=O)cc1OCOCCOC. The first kappa shape index (κ1) is 18.4. The minimum Gasteiger partial charge on any atom is -0.464 e. The van der Waals surface area contributed by atoms with Gasteiger partial charge in [-0.15, -0.1) is 0 Å². The molecule has 124 valence electrons. The second-order valence-electron chi connectivity index (χ2n) is 4.15. The Hall–Kier alpha value is -1.67.